The van der Waals surface area contributed by atoms with Crippen LogP contribution >= 0.6 is 0 Å². The van der Waals surface area contributed by atoms with E-state index in [1.54, 1.807) is 0 Å². The highest BCUT2D eigenvalue weighted by Gasteiger charge is 2.28. The summed E-state index contributed by atoms with van der Waals surface area (Å²) < 4.78 is 0. The average molecular weight is 241 g/mol. The molecule has 1 amide bonds. The largest absolute Gasteiger partial charge is 0.354 e. The van der Waals surface area contributed by atoms with E-state index in [1.165, 1.54) is 19.4 Å². The lowest BCUT2D eigenvalue weighted by atomic mass is 9.87. The van der Waals surface area contributed by atoms with Gasteiger partial charge in [0.2, 0.25) is 5.91 Å². The van der Waals surface area contributed by atoms with Crippen LogP contribution in [0, 0.1) is 11.3 Å². The molecule has 0 aromatic carbocycles. The summed E-state index contributed by atoms with van der Waals surface area (Å²) in [6, 6.07) is -0.427. The smallest absolute Gasteiger partial charge is 0.237 e. The number of carbonyl (C=O) groups excluding carboxylic acids is 1. The second-order valence-corrected chi connectivity index (χ2v) is 6.36. The van der Waals surface area contributed by atoms with Gasteiger partial charge in [0.25, 0.3) is 0 Å². The Morgan fingerprint density at radius 1 is 1.53 bits per heavy atom. The molecule has 1 rings (SSSR count). The molecule has 1 heterocycles. The topological polar surface area (TPSA) is 58.4 Å². The minimum atomic E-state index is -0.427. The van der Waals surface area contributed by atoms with Gasteiger partial charge in [-0.3, -0.25) is 4.79 Å². The minimum Gasteiger partial charge on any atom is -0.354 e. The van der Waals surface area contributed by atoms with E-state index in [-0.39, 0.29) is 11.3 Å². The van der Waals surface area contributed by atoms with E-state index in [9.17, 15) is 4.79 Å². The van der Waals surface area contributed by atoms with Crippen molar-refractivity contribution in [3.63, 3.8) is 0 Å². The summed E-state index contributed by atoms with van der Waals surface area (Å²) >= 11 is 0. The van der Waals surface area contributed by atoms with Crippen molar-refractivity contribution in [3.8, 4) is 0 Å². The first kappa shape index (κ1) is 14.5. The molecule has 0 aliphatic carbocycles. The van der Waals surface area contributed by atoms with Gasteiger partial charge < -0.3 is 16.0 Å². The molecule has 4 nitrogen and oxygen atoms in total. The van der Waals surface area contributed by atoms with Crippen LogP contribution in [0.2, 0.25) is 0 Å². The van der Waals surface area contributed by atoms with Crippen molar-refractivity contribution in [3.05, 3.63) is 0 Å². The van der Waals surface area contributed by atoms with Gasteiger partial charge in [0.1, 0.15) is 0 Å². The first-order valence-corrected chi connectivity index (χ1v) is 6.52. The third-order valence-corrected chi connectivity index (χ3v) is 3.50. The third-order valence-electron chi connectivity index (χ3n) is 3.50. The van der Waals surface area contributed by atoms with Gasteiger partial charge in [-0.25, -0.2) is 0 Å². The maximum absolute atomic E-state index is 11.9. The zero-order valence-corrected chi connectivity index (χ0v) is 11.6. The van der Waals surface area contributed by atoms with Gasteiger partial charge in [0.15, 0.2) is 0 Å². The molecular weight excluding hydrogens is 214 g/mol. The molecule has 1 unspecified atom stereocenters. The normalized spacial score (nSPS) is 24.4. The van der Waals surface area contributed by atoms with E-state index in [0.29, 0.717) is 5.92 Å². The monoisotopic (exact) mass is 241 g/mol. The lowest BCUT2D eigenvalue weighted by Crippen LogP contribution is -2.50. The highest BCUT2D eigenvalue weighted by atomic mass is 16.2. The Labute approximate surface area is 105 Å². The number of hydrogen-bond donors (Lipinski definition) is 2. The van der Waals surface area contributed by atoms with Crippen LogP contribution in [0.1, 0.15) is 33.6 Å². The fourth-order valence-corrected chi connectivity index (χ4v) is 2.19. The van der Waals surface area contributed by atoms with Crippen LogP contribution in [0.3, 0.4) is 0 Å². The zero-order chi connectivity index (χ0) is 13.1. The minimum absolute atomic E-state index is 0.0225. The van der Waals surface area contributed by atoms with Crippen LogP contribution < -0.4 is 11.1 Å². The quantitative estimate of drug-likeness (QED) is 0.769. The number of nitrogens with two attached hydrogens (primary N) is 1. The Balaban J connectivity index is 2.33. The van der Waals surface area contributed by atoms with E-state index < -0.39 is 6.04 Å². The number of nitrogens with zero attached hydrogens (tertiary/aromatic N) is 1. The Kier molecular flexibility index (Phi) is 4.95. The maximum Gasteiger partial charge on any atom is 0.237 e. The molecule has 3 N–H and O–H groups in total. The van der Waals surface area contributed by atoms with Gasteiger partial charge in [-0.15, -0.1) is 0 Å². The lowest BCUT2D eigenvalue weighted by molar-refractivity contribution is -0.124. The van der Waals surface area contributed by atoms with Crippen LogP contribution in [0.4, 0.5) is 0 Å². The molecular formula is C13H27N3O. The van der Waals surface area contributed by atoms with E-state index in [1.807, 2.05) is 20.8 Å². The number of likely N-dealkylation sites (tertiary alicyclic amines) is 1. The summed E-state index contributed by atoms with van der Waals surface area (Å²) in [5.74, 6) is 0.551. The Bertz CT molecular complexity index is 260. The van der Waals surface area contributed by atoms with Gasteiger partial charge >= 0.3 is 0 Å². The third kappa shape index (κ3) is 4.64. The van der Waals surface area contributed by atoms with Crippen LogP contribution in [0.5, 0.6) is 0 Å². The van der Waals surface area contributed by atoms with Crippen LogP contribution in [0.25, 0.3) is 0 Å². The van der Waals surface area contributed by atoms with Gasteiger partial charge in [-0.05, 0) is 37.8 Å². The van der Waals surface area contributed by atoms with Crippen molar-refractivity contribution in [2.24, 2.45) is 17.1 Å². The highest BCUT2D eigenvalue weighted by Crippen LogP contribution is 2.18. The highest BCUT2D eigenvalue weighted by molar-refractivity contribution is 5.82. The number of amides is 1. The average Bonchev–Trinajstić information content (AvgIpc) is 2.23. The molecule has 1 aliphatic rings. The SMILES string of the molecule is CN1CCCC(CNC(=O)[C@@H](N)C(C)(C)C)C1. The number of rotatable bonds is 3. The molecule has 1 saturated heterocycles. The summed E-state index contributed by atoms with van der Waals surface area (Å²) in [6.45, 7) is 8.98. The molecule has 0 aromatic rings. The number of carbonyl (C=O) groups is 1. The molecule has 0 aromatic heterocycles. The molecule has 17 heavy (non-hydrogen) atoms. The second kappa shape index (κ2) is 5.83. The van der Waals surface area contributed by atoms with Crippen molar-refractivity contribution in [2.75, 3.05) is 26.7 Å². The molecule has 4 heteroatoms. The molecule has 0 bridgehead atoms. The fraction of sp³-hybridized carbons (Fsp3) is 0.923. The van der Waals surface area contributed by atoms with Gasteiger partial charge in [-0.1, -0.05) is 20.8 Å². The Morgan fingerprint density at radius 3 is 2.71 bits per heavy atom. The first-order chi connectivity index (χ1) is 7.80. The fourth-order valence-electron chi connectivity index (χ4n) is 2.19. The van der Waals surface area contributed by atoms with Crippen LogP contribution in [-0.2, 0) is 4.79 Å². The number of piperidine rings is 1. The Morgan fingerprint density at radius 2 is 2.18 bits per heavy atom. The summed E-state index contributed by atoms with van der Waals surface area (Å²) in [4.78, 5) is 14.2. The van der Waals surface area contributed by atoms with Crippen molar-refractivity contribution >= 4 is 5.91 Å². The maximum atomic E-state index is 11.9. The zero-order valence-electron chi connectivity index (χ0n) is 11.6. The second-order valence-electron chi connectivity index (χ2n) is 6.36. The Hall–Kier alpha value is -0.610. The summed E-state index contributed by atoms with van der Waals surface area (Å²) in [5, 5.41) is 2.99. The van der Waals surface area contributed by atoms with Crippen LogP contribution in [-0.4, -0.2) is 43.5 Å². The van der Waals surface area contributed by atoms with E-state index >= 15 is 0 Å². The summed E-state index contributed by atoms with van der Waals surface area (Å²) in [7, 11) is 2.13. The van der Waals surface area contributed by atoms with Crippen molar-refractivity contribution in [2.45, 2.75) is 39.7 Å². The molecule has 0 spiro atoms. The molecule has 0 saturated carbocycles. The molecule has 100 valence electrons. The summed E-state index contributed by atoms with van der Waals surface area (Å²) in [5.41, 5.74) is 5.74. The van der Waals surface area contributed by atoms with Crippen LogP contribution in [0.15, 0.2) is 0 Å². The number of hydrogen-bond acceptors (Lipinski definition) is 3. The van der Waals surface area contributed by atoms with E-state index in [2.05, 4.69) is 17.3 Å². The van der Waals surface area contributed by atoms with Gasteiger partial charge in [0, 0.05) is 13.1 Å². The number of nitrogens with one attached hydrogen (secondary N) is 1. The molecule has 1 aliphatic heterocycles. The van der Waals surface area contributed by atoms with Gasteiger partial charge in [0.05, 0.1) is 6.04 Å². The molecule has 0 radical (unpaired) electrons. The molecule has 2 atom stereocenters. The standard InChI is InChI=1S/C13H27N3O/c1-13(2,3)11(14)12(17)15-8-10-6-5-7-16(4)9-10/h10-11H,5-9,14H2,1-4H3,(H,15,17)/t10?,11-/m1/s1. The molecule has 1 fully saturated rings. The van der Waals surface area contributed by atoms with Gasteiger partial charge in [-0.2, -0.15) is 0 Å². The van der Waals surface area contributed by atoms with Crippen molar-refractivity contribution < 1.29 is 4.79 Å². The lowest BCUT2D eigenvalue weighted by Gasteiger charge is -2.31. The predicted octanol–water partition coefficient (Wildman–Crippen LogP) is 0.818. The van der Waals surface area contributed by atoms with Crippen molar-refractivity contribution in [1.29, 1.82) is 0 Å². The van der Waals surface area contributed by atoms with E-state index in [0.717, 1.165) is 13.1 Å². The van der Waals surface area contributed by atoms with Crippen molar-refractivity contribution in [1.82, 2.24) is 10.2 Å². The summed E-state index contributed by atoms with van der Waals surface area (Å²) in [6.07, 6.45) is 2.43. The predicted molar refractivity (Wildman–Crippen MR) is 70.7 cm³/mol. The first-order valence-electron chi connectivity index (χ1n) is 6.52. The van der Waals surface area contributed by atoms with E-state index in [4.69, 9.17) is 5.73 Å².